The minimum Gasteiger partial charge on any atom is -0.258 e. The maximum Gasteiger partial charge on any atom is 0.269 e. The van der Waals surface area contributed by atoms with Gasteiger partial charge in [-0.05, 0) is 36.3 Å². The van der Waals surface area contributed by atoms with Crippen molar-refractivity contribution in [3.8, 4) is 17.3 Å². The van der Waals surface area contributed by atoms with Crippen LogP contribution in [-0.2, 0) is 0 Å². The average Bonchev–Trinajstić information content (AvgIpc) is 3.11. The van der Waals surface area contributed by atoms with Gasteiger partial charge in [-0.2, -0.15) is 5.26 Å². The van der Waals surface area contributed by atoms with E-state index in [1.54, 1.807) is 12.1 Å². The summed E-state index contributed by atoms with van der Waals surface area (Å²) in [6.07, 6.45) is 1.83. The molecule has 0 bridgehead atoms. The lowest BCUT2D eigenvalue weighted by Gasteiger charge is -2.00. The second-order valence-electron chi connectivity index (χ2n) is 5.37. The Morgan fingerprint density at radius 1 is 1.24 bits per heavy atom. The zero-order valence-electron chi connectivity index (χ0n) is 13.3. The molecule has 1 aromatic heterocycles. The van der Waals surface area contributed by atoms with Crippen molar-refractivity contribution in [2.45, 2.75) is 6.92 Å². The summed E-state index contributed by atoms with van der Waals surface area (Å²) in [6, 6.07) is 16.2. The third-order valence-electron chi connectivity index (χ3n) is 3.72. The van der Waals surface area contributed by atoms with Gasteiger partial charge in [0.25, 0.3) is 5.69 Å². The molecule has 0 saturated heterocycles. The van der Waals surface area contributed by atoms with Crippen molar-refractivity contribution in [1.82, 2.24) is 4.98 Å². The Bertz CT molecular complexity index is 998. The highest BCUT2D eigenvalue weighted by atomic mass is 32.1. The molecule has 3 rings (SSSR count). The van der Waals surface area contributed by atoms with Crippen molar-refractivity contribution in [3.63, 3.8) is 0 Å². The zero-order chi connectivity index (χ0) is 17.8. The molecule has 2 aromatic carbocycles. The van der Waals surface area contributed by atoms with Gasteiger partial charge in [-0.1, -0.05) is 24.3 Å². The Balaban J connectivity index is 1.93. The van der Waals surface area contributed by atoms with Crippen LogP contribution in [0.25, 0.3) is 22.9 Å². The molecule has 0 atom stereocenters. The van der Waals surface area contributed by atoms with Crippen LogP contribution in [0.5, 0.6) is 0 Å². The third-order valence-corrected chi connectivity index (χ3v) is 4.59. The van der Waals surface area contributed by atoms with Crippen molar-refractivity contribution in [2.24, 2.45) is 0 Å². The standard InChI is InChI=1S/C19H13N3O2S/c1-13-4-2-3-5-15(13)10-16(11-20)19-21-18(12-25-19)14-6-8-17(9-7-14)22(23)24/h2-10,12H,1H3. The summed E-state index contributed by atoms with van der Waals surface area (Å²) in [6.45, 7) is 1.99. The van der Waals surface area contributed by atoms with Crippen LogP contribution < -0.4 is 0 Å². The minimum atomic E-state index is -0.436. The monoisotopic (exact) mass is 347 g/mol. The molecule has 0 aliphatic heterocycles. The van der Waals surface area contributed by atoms with E-state index in [0.29, 0.717) is 16.3 Å². The molecule has 0 fully saturated rings. The number of nitrogens with zero attached hydrogens (tertiary/aromatic N) is 3. The number of nitriles is 1. The topological polar surface area (TPSA) is 79.8 Å². The normalized spacial score (nSPS) is 11.1. The van der Waals surface area contributed by atoms with Crippen LogP contribution in [0.3, 0.4) is 0 Å². The van der Waals surface area contributed by atoms with Crippen LogP contribution in [0.15, 0.2) is 53.9 Å². The van der Waals surface area contributed by atoms with Gasteiger partial charge < -0.3 is 0 Å². The Hall–Kier alpha value is -3.30. The number of nitro benzene ring substituents is 1. The molecule has 0 amide bonds. The maximum atomic E-state index is 10.7. The summed E-state index contributed by atoms with van der Waals surface area (Å²) in [5.41, 5.74) is 4.07. The van der Waals surface area contributed by atoms with E-state index in [4.69, 9.17) is 0 Å². The molecular formula is C19H13N3O2S. The van der Waals surface area contributed by atoms with E-state index in [0.717, 1.165) is 16.7 Å². The first-order valence-electron chi connectivity index (χ1n) is 7.46. The minimum absolute atomic E-state index is 0.0383. The second-order valence-corrected chi connectivity index (χ2v) is 6.23. The summed E-state index contributed by atoms with van der Waals surface area (Å²) >= 11 is 1.38. The molecule has 122 valence electrons. The lowest BCUT2D eigenvalue weighted by Crippen LogP contribution is -1.87. The highest BCUT2D eigenvalue weighted by Gasteiger charge is 2.11. The van der Waals surface area contributed by atoms with Crippen molar-refractivity contribution in [2.75, 3.05) is 0 Å². The average molecular weight is 347 g/mol. The van der Waals surface area contributed by atoms with Gasteiger partial charge in [-0.25, -0.2) is 4.98 Å². The number of nitro groups is 1. The number of benzene rings is 2. The van der Waals surface area contributed by atoms with E-state index in [9.17, 15) is 15.4 Å². The lowest BCUT2D eigenvalue weighted by atomic mass is 10.1. The first-order valence-corrected chi connectivity index (χ1v) is 8.34. The quantitative estimate of drug-likeness (QED) is 0.374. The van der Waals surface area contributed by atoms with Gasteiger partial charge in [0.05, 0.1) is 16.2 Å². The van der Waals surface area contributed by atoms with E-state index in [-0.39, 0.29) is 5.69 Å². The first kappa shape index (κ1) is 16.6. The molecule has 0 spiro atoms. The number of non-ortho nitro benzene ring substituents is 1. The lowest BCUT2D eigenvalue weighted by molar-refractivity contribution is -0.384. The molecule has 0 radical (unpaired) electrons. The SMILES string of the molecule is Cc1ccccc1C=C(C#N)c1nc(-c2ccc([N+](=O)[O-])cc2)cs1. The number of thiazole rings is 1. The highest BCUT2D eigenvalue weighted by Crippen LogP contribution is 2.28. The van der Waals surface area contributed by atoms with Gasteiger partial charge >= 0.3 is 0 Å². The number of hydrogen-bond donors (Lipinski definition) is 0. The Labute approximate surface area is 148 Å². The van der Waals surface area contributed by atoms with Crippen LogP contribution in [0.4, 0.5) is 5.69 Å². The largest absolute Gasteiger partial charge is 0.269 e. The molecular weight excluding hydrogens is 334 g/mol. The summed E-state index contributed by atoms with van der Waals surface area (Å²) in [4.78, 5) is 14.8. The van der Waals surface area contributed by atoms with Crippen molar-refractivity contribution >= 4 is 28.7 Å². The number of allylic oxidation sites excluding steroid dienone is 1. The second kappa shape index (κ2) is 7.07. The van der Waals surface area contributed by atoms with Crippen LogP contribution in [0.1, 0.15) is 16.1 Å². The zero-order valence-corrected chi connectivity index (χ0v) is 14.2. The van der Waals surface area contributed by atoms with E-state index >= 15 is 0 Å². The van der Waals surface area contributed by atoms with E-state index < -0.39 is 4.92 Å². The van der Waals surface area contributed by atoms with Gasteiger partial charge in [0, 0.05) is 23.1 Å². The third kappa shape index (κ3) is 3.62. The predicted molar refractivity (Wildman–Crippen MR) is 98.9 cm³/mol. The molecule has 0 unspecified atom stereocenters. The molecule has 0 N–H and O–H groups in total. The van der Waals surface area contributed by atoms with Crippen molar-refractivity contribution < 1.29 is 4.92 Å². The molecule has 25 heavy (non-hydrogen) atoms. The van der Waals surface area contributed by atoms with Crippen LogP contribution >= 0.6 is 11.3 Å². The fourth-order valence-electron chi connectivity index (χ4n) is 2.33. The molecule has 0 aliphatic carbocycles. The highest BCUT2D eigenvalue weighted by molar-refractivity contribution is 7.11. The summed E-state index contributed by atoms with van der Waals surface area (Å²) in [7, 11) is 0. The predicted octanol–water partition coefficient (Wildman–Crippen LogP) is 5.09. The van der Waals surface area contributed by atoms with E-state index in [1.165, 1.54) is 23.5 Å². The Kier molecular flexibility index (Phi) is 4.68. The Morgan fingerprint density at radius 2 is 1.96 bits per heavy atom. The number of hydrogen-bond acceptors (Lipinski definition) is 5. The number of aryl methyl sites for hydroxylation is 1. The molecule has 5 nitrogen and oxygen atoms in total. The fourth-order valence-corrected chi connectivity index (χ4v) is 3.12. The van der Waals surface area contributed by atoms with Gasteiger partial charge in [-0.15, -0.1) is 11.3 Å². The first-order chi connectivity index (χ1) is 12.1. The van der Waals surface area contributed by atoms with Gasteiger partial charge in [-0.3, -0.25) is 10.1 Å². The molecule has 3 aromatic rings. The number of aromatic nitrogens is 1. The molecule has 1 heterocycles. The molecule has 0 saturated carbocycles. The Morgan fingerprint density at radius 3 is 2.60 bits per heavy atom. The summed E-state index contributed by atoms with van der Waals surface area (Å²) in [5.74, 6) is 0. The van der Waals surface area contributed by atoms with Crippen LogP contribution in [0.2, 0.25) is 0 Å². The summed E-state index contributed by atoms with van der Waals surface area (Å²) in [5, 5.41) is 22.7. The number of rotatable bonds is 4. The van der Waals surface area contributed by atoms with Crippen molar-refractivity contribution in [1.29, 1.82) is 5.26 Å². The molecule has 6 heteroatoms. The summed E-state index contributed by atoms with van der Waals surface area (Å²) < 4.78 is 0. The van der Waals surface area contributed by atoms with Gasteiger partial charge in [0.2, 0.25) is 0 Å². The van der Waals surface area contributed by atoms with Crippen molar-refractivity contribution in [3.05, 3.63) is 80.2 Å². The molecule has 0 aliphatic rings. The van der Waals surface area contributed by atoms with E-state index in [2.05, 4.69) is 11.1 Å². The van der Waals surface area contributed by atoms with Crippen LogP contribution in [0, 0.1) is 28.4 Å². The maximum absolute atomic E-state index is 10.7. The smallest absolute Gasteiger partial charge is 0.258 e. The fraction of sp³-hybridized carbons (Fsp3) is 0.0526. The van der Waals surface area contributed by atoms with Gasteiger partial charge in [0.1, 0.15) is 11.1 Å². The van der Waals surface area contributed by atoms with Crippen LogP contribution in [-0.4, -0.2) is 9.91 Å². The van der Waals surface area contributed by atoms with E-state index in [1.807, 2.05) is 42.6 Å². The van der Waals surface area contributed by atoms with Gasteiger partial charge in [0.15, 0.2) is 0 Å².